The number of benzene rings is 1. The number of aromatic nitrogens is 2. The summed E-state index contributed by atoms with van der Waals surface area (Å²) < 4.78 is 1.91. The SMILES string of the molecule is CN=C(NCCc1cnn(-c2ccccc2)c1)NC(C)CCC(C)C. The fourth-order valence-corrected chi connectivity index (χ4v) is 2.62. The number of hydrogen-bond acceptors (Lipinski definition) is 2. The van der Waals surface area contributed by atoms with E-state index in [1.54, 1.807) is 0 Å². The smallest absolute Gasteiger partial charge is 0.191 e. The molecule has 1 aromatic heterocycles. The van der Waals surface area contributed by atoms with E-state index >= 15 is 0 Å². The first-order valence-corrected chi connectivity index (χ1v) is 9.14. The average Bonchev–Trinajstić information content (AvgIpc) is 3.08. The van der Waals surface area contributed by atoms with Crippen LogP contribution in [0.2, 0.25) is 0 Å². The van der Waals surface area contributed by atoms with E-state index in [9.17, 15) is 0 Å². The fourth-order valence-electron chi connectivity index (χ4n) is 2.62. The summed E-state index contributed by atoms with van der Waals surface area (Å²) >= 11 is 0. The summed E-state index contributed by atoms with van der Waals surface area (Å²) in [6.45, 7) is 7.56. The van der Waals surface area contributed by atoms with Gasteiger partial charge in [-0.15, -0.1) is 0 Å². The van der Waals surface area contributed by atoms with E-state index < -0.39 is 0 Å². The lowest BCUT2D eigenvalue weighted by molar-refractivity contribution is 0.489. The van der Waals surface area contributed by atoms with Crippen molar-refractivity contribution in [2.45, 2.75) is 46.1 Å². The van der Waals surface area contributed by atoms with Gasteiger partial charge in [0.25, 0.3) is 0 Å². The van der Waals surface area contributed by atoms with Crippen LogP contribution >= 0.6 is 0 Å². The van der Waals surface area contributed by atoms with Gasteiger partial charge in [0.1, 0.15) is 0 Å². The minimum absolute atomic E-state index is 0.425. The van der Waals surface area contributed by atoms with Gasteiger partial charge in [-0.3, -0.25) is 4.99 Å². The van der Waals surface area contributed by atoms with Gasteiger partial charge in [-0.05, 0) is 49.8 Å². The van der Waals surface area contributed by atoms with E-state index in [-0.39, 0.29) is 0 Å². The summed E-state index contributed by atoms with van der Waals surface area (Å²) in [5.74, 6) is 1.60. The Morgan fingerprint density at radius 2 is 1.92 bits per heavy atom. The molecule has 2 N–H and O–H groups in total. The maximum atomic E-state index is 4.44. The second-order valence-electron chi connectivity index (χ2n) is 6.89. The number of aliphatic imine (C=N–C) groups is 1. The van der Waals surface area contributed by atoms with Gasteiger partial charge in [0.2, 0.25) is 0 Å². The summed E-state index contributed by atoms with van der Waals surface area (Å²) in [7, 11) is 1.82. The molecule has 25 heavy (non-hydrogen) atoms. The van der Waals surface area contributed by atoms with Gasteiger partial charge < -0.3 is 10.6 Å². The number of nitrogens with one attached hydrogen (secondary N) is 2. The van der Waals surface area contributed by atoms with Crippen molar-refractivity contribution in [3.63, 3.8) is 0 Å². The molecule has 0 bridgehead atoms. The number of guanidine groups is 1. The second kappa shape index (κ2) is 9.87. The van der Waals surface area contributed by atoms with Gasteiger partial charge in [-0.1, -0.05) is 32.0 Å². The van der Waals surface area contributed by atoms with Crippen molar-refractivity contribution in [1.82, 2.24) is 20.4 Å². The second-order valence-corrected chi connectivity index (χ2v) is 6.89. The minimum atomic E-state index is 0.425. The normalized spacial score (nSPS) is 13.1. The molecule has 1 aromatic carbocycles. The molecule has 1 atom stereocenters. The molecule has 0 fully saturated rings. The molecular weight excluding hydrogens is 310 g/mol. The van der Waals surface area contributed by atoms with Gasteiger partial charge >= 0.3 is 0 Å². The lowest BCUT2D eigenvalue weighted by Gasteiger charge is -2.18. The maximum absolute atomic E-state index is 4.44. The Bertz CT molecular complexity index is 645. The molecule has 0 radical (unpaired) electrons. The minimum Gasteiger partial charge on any atom is -0.356 e. The van der Waals surface area contributed by atoms with E-state index in [4.69, 9.17) is 0 Å². The Morgan fingerprint density at radius 3 is 2.60 bits per heavy atom. The van der Waals surface area contributed by atoms with E-state index in [1.807, 2.05) is 36.1 Å². The fraction of sp³-hybridized carbons (Fsp3) is 0.500. The molecule has 0 saturated heterocycles. The van der Waals surface area contributed by atoms with E-state index in [2.05, 4.69) is 59.8 Å². The largest absolute Gasteiger partial charge is 0.356 e. The highest BCUT2D eigenvalue weighted by Crippen LogP contribution is 2.08. The first kappa shape index (κ1) is 19.0. The van der Waals surface area contributed by atoms with Crippen molar-refractivity contribution in [2.24, 2.45) is 10.9 Å². The van der Waals surface area contributed by atoms with Crippen LogP contribution in [0.5, 0.6) is 0 Å². The van der Waals surface area contributed by atoms with Crippen molar-refractivity contribution in [3.8, 4) is 5.69 Å². The predicted molar refractivity (Wildman–Crippen MR) is 105 cm³/mol. The van der Waals surface area contributed by atoms with Crippen LogP contribution in [-0.2, 0) is 6.42 Å². The first-order valence-electron chi connectivity index (χ1n) is 9.14. The monoisotopic (exact) mass is 341 g/mol. The van der Waals surface area contributed by atoms with Gasteiger partial charge in [0.15, 0.2) is 5.96 Å². The van der Waals surface area contributed by atoms with Gasteiger partial charge in [0, 0.05) is 25.8 Å². The summed E-state index contributed by atoms with van der Waals surface area (Å²) in [6.07, 6.45) is 7.30. The topological polar surface area (TPSA) is 54.2 Å². The Balaban J connectivity index is 1.76. The van der Waals surface area contributed by atoms with Gasteiger partial charge in [0.05, 0.1) is 11.9 Å². The summed E-state index contributed by atoms with van der Waals surface area (Å²) in [5, 5.41) is 11.3. The number of hydrogen-bond donors (Lipinski definition) is 2. The quantitative estimate of drug-likeness (QED) is 0.571. The lowest BCUT2D eigenvalue weighted by Crippen LogP contribution is -2.42. The highest BCUT2D eigenvalue weighted by molar-refractivity contribution is 5.79. The Kier molecular flexibility index (Phi) is 7.51. The molecule has 0 amide bonds. The zero-order valence-electron chi connectivity index (χ0n) is 15.9. The van der Waals surface area contributed by atoms with Crippen molar-refractivity contribution in [1.29, 1.82) is 0 Å². The Hall–Kier alpha value is -2.30. The number of rotatable bonds is 8. The van der Waals surface area contributed by atoms with Crippen LogP contribution in [0.1, 0.15) is 39.2 Å². The van der Waals surface area contributed by atoms with Crippen LogP contribution in [0.15, 0.2) is 47.7 Å². The maximum Gasteiger partial charge on any atom is 0.191 e. The van der Waals surface area contributed by atoms with Crippen molar-refractivity contribution in [2.75, 3.05) is 13.6 Å². The molecule has 5 heteroatoms. The number of nitrogens with zero attached hydrogens (tertiary/aromatic N) is 3. The zero-order valence-corrected chi connectivity index (χ0v) is 15.9. The molecular formula is C20H31N5. The summed E-state index contributed by atoms with van der Waals surface area (Å²) in [5.41, 5.74) is 2.29. The number of para-hydroxylation sites is 1. The first-order chi connectivity index (χ1) is 12.1. The Labute approximate surface area is 151 Å². The third-order valence-corrected chi connectivity index (χ3v) is 4.15. The summed E-state index contributed by atoms with van der Waals surface area (Å²) in [4.78, 5) is 4.31. The highest BCUT2D eigenvalue weighted by Gasteiger charge is 2.06. The molecule has 2 rings (SSSR count). The molecule has 5 nitrogen and oxygen atoms in total. The predicted octanol–water partition coefficient (Wildman–Crippen LogP) is 3.40. The third-order valence-electron chi connectivity index (χ3n) is 4.15. The van der Waals surface area contributed by atoms with Crippen LogP contribution in [-0.4, -0.2) is 35.4 Å². The van der Waals surface area contributed by atoms with E-state index in [1.165, 1.54) is 12.0 Å². The standard InChI is InChI=1S/C20H31N5/c1-16(2)10-11-17(3)24-20(21-4)22-13-12-18-14-23-25(15-18)19-8-6-5-7-9-19/h5-9,14-17H,10-13H2,1-4H3,(H2,21,22,24). The highest BCUT2D eigenvalue weighted by atomic mass is 15.3. The molecule has 0 aliphatic heterocycles. The molecule has 0 saturated carbocycles. The van der Waals surface area contributed by atoms with Crippen molar-refractivity contribution in [3.05, 3.63) is 48.3 Å². The van der Waals surface area contributed by atoms with Crippen LogP contribution in [0.25, 0.3) is 5.69 Å². The zero-order chi connectivity index (χ0) is 18.1. The molecule has 2 aromatic rings. The molecule has 1 heterocycles. The molecule has 0 aliphatic rings. The molecule has 0 spiro atoms. The van der Waals surface area contributed by atoms with Crippen molar-refractivity contribution >= 4 is 5.96 Å². The molecule has 0 aliphatic carbocycles. The molecule has 1 unspecified atom stereocenters. The molecule has 136 valence electrons. The lowest BCUT2D eigenvalue weighted by atomic mass is 10.0. The van der Waals surface area contributed by atoms with Crippen LogP contribution in [0.4, 0.5) is 0 Å². The van der Waals surface area contributed by atoms with Crippen LogP contribution < -0.4 is 10.6 Å². The van der Waals surface area contributed by atoms with Gasteiger partial charge in [-0.25, -0.2) is 4.68 Å². The third kappa shape index (κ3) is 6.61. The van der Waals surface area contributed by atoms with E-state index in [0.717, 1.165) is 37.0 Å². The van der Waals surface area contributed by atoms with Crippen LogP contribution in [0, 0.1) is 5.92 Å². The Morgan fingerprint density at radius 1 is 1.16 bits per heavy atom. The van der Waals surface area contributed by atoms with Gasteiger partial charge in [-0.2, -0.15) is 5.10 Å². The summed E-state index contributed by atoms with van der Waals surface area (Å²) in [6, 6.07) is 10.6. The van der Waals surface area contributed by atoms with Crippen LogP contribution in [0.3, 0.4) is 0 Å². The average molecular weight is 342 g/mol. The van der Waals surface area contributed by atoms with Crippen molar-refractivity contribution < 1.29 is 0 Å². The van der Waals surface area contributed by atoms with E-state index in [0.29, 0.717) is 6.04 Å².